The number of aromatic nitrogens is 1. The van der Waals surface area contributed by atoms with E-state index in [1.807, 2.05) is 0 Å². The number of rotatable bonds is 3. The normalized spacial score (nSPS) is 11.0. The third-order valence-corrected chi connectivity index (χ3v) is 4.88. The first-order valence-corrected chi connectivity index (χ1v) is 9.12. The van der Waals surface area contributed by atoms with Crippen molar-refractivity contribution in [2.24, 2.45) is 0 Å². The molecule has 2 N–H and O–H groups in total. The molecule has 158 valence electrons. The fourth-order valence-electron chi connectivity index (χ4n) is 2.61. The van der Waals surface area contributed by atoms with E-state index in [1.54, 1.807) is 25.1 Å². The van der Waals surface area contributed by atoms with Gasteiger partial charge in [-0.3, -0.25) is 9.36 Å². The maximum Gasteiger partial charge on any atom is 0.406 e. The number of hydrogen-bond acceptors (Lipinski definition) is 3. The zero-order valence-corrected chi connectivity index (χ0v) is 17.0. The van der Waals surface area contributed by atoms with Crippen molar-refractivity contribution in [3.63, 3.8) is 0 Å². The SMILES string of the molecule is Cc1c(Br)cc(C(=O)O)cc1C(=O)O.O=c1ccc2ccccc2n1CC(F)(F)F. The molecule has 2 aromatic carbocycles. The Morgan fingerprint density at radius 3 is 2.23 bits per heavy atom. The first kappa shape index (κ1) is 23.1. The lowest BCUT2D eigenvalue weighted by molar-refractivity contribution is -0.140. The zero-order chi connectivity index (χ0) is 22.6. The van der Waals surface area contributed by atoms with E-state index >= 15 is 0 Å². The number of para-hydroxylation sites is 1. The molecule has 3 aromatic rings. The highest BCUT2D eigenvalue weighted by molar-refractivity contribution is 9.10. The molecule has 0 radical (unpaired) electrons. The van der Waals surface area contributed by atoms with Crippen LogP contribution in [-0.4, -0.2) is 32.9 Å². The first-order chi connectivity index (χ1) is 13.9. The molecule has 0 saturated carbocycles. The molecular formula is C20H15BrF3NO5. The smallest absolute Gasteiger partial charge is 0.406 e. The lowest BCUT2D eigenvalue weighted by Gasteiger charge is -2.11. The first-order valence-electron chi connectivity index (χ1n) is 8.33. The Balaban J connectivity index is 0.000000216. The standard InChI is InChI=1S/C11H8F3NO.C9H7BrO4/c12-11(13,14)7-15-9-4-2-1-3-8(9)5-6-10(15)16;1-4-6(9(13)14)2-5(8(11)12)3-7(4)10/h1-6H,7H2;2-3H,1H3,(H,11,12)(H,13,14). The highest BCUT2D eigenvalue weighted by atomic mass is 79.9. The Bertz CT molecular complexity index is 1170. The van der Waals surface area contributed by atoms with Gasteiger partial charge in [0.05, 0.1) is 16.6 Å². The molecule has 0 spiro atoms. The summed E-state index contributed by atoms with van der Waals surface area (Å²) in [6.45, 7) is 0.354. The summed E-state index contributed by atoms with van der Waals surface area (Å²) in [5.41, 5.74) is 0.127. The fraction of sp³-hybridized carbons (Fsp3) is 0.150. The highest BCUT2D eigenvalue weighted by Crippen LogP contribution is 2.22. The molecule has 0 amide bonds. The number of hydrogen-bond donors (Lipinski definition) is 2. The van der Waals surface area contributed by atoms with E-state index in [1.165, 1.54) is 18.2 Å². The van der Waals surface area contributed by atoms with Gasteiger partial charge in [-0.1, -0.05) is 34.1 Å². The molecule has 0 aliphatic heterocycles. The van der Waals surface area contributed by atoms with Crippen LogP contribution in [0.1, 0.15) is 26.3 Å². The van der Waals surface area contributed by atoms with Gasteiger partial charge in [-0.2, -0.15) is 13.2 Å². The van der Waals surface area contributed by atoms with E-state index in [-0.39, 0.29) is 11.1 Å². The molecule has 0 aliphatic carbocycles. The Kier molecular flexibility index (Phi) is 7.04. The Hall–Kier alpha value is -3.14. The molecule has 1 aromatic heterocycles. The van der Waals surface area contributed by atoms with Crippen molar-refractivity contribution in [3.8, 4) is 0 Å². The average molecular weight is 486 g/mol. The molecule has 0 saturated heterocycles. The lowest BCUT2D eigenvalue weighted by Crippen LogP contribution is -2.27. The Labute approximate surface area is 176 Å². The minimum atomic E-state index is -4.39. The average Bonchev–Trinajstić information content (AvgIpc) is 2.65. The molecule has 0 fully saturated rings. The minimum absolute atomic E-state index is 0.00299. The van der Waals surface area contributed by atoms with Gasteiger partial charge in [0.25, 0.3) is 5.56 Å². The van der Waals surface area contributed by atoms with Gasteiger partial charge in [0.15, 0.2) is 0 Å². The van der Waals surface area contributed by atoms with Crippen molar-refractivity contribution in [3.05, 3.63) is 80.0 Å². The topological polar surface area (TPSA) is 96.6 Å². The quantitative estimate of drug-likeness (QED) is 0.559. The maximum absolute atomic E-state index is 12.3. The lowest BCUT2D eigenvalue weighted by atomic mass is 10.1. The van der Waals surface area contributed by atoms with Crippen LogP contribution in [0.3, 0.4) is 0 Å². The van der Waals surface area contributed by atoms with Gasteiger partial charge in [-0.15, -0.1) is 0 Å². The van der Waals surface area contributed by atoms with Gasteiger partial charge >= 0.3 is 18.1 Å². The van der Waals surface area contributed by atoms with Crippen LogP contribution in [0, 0.1) is 6.92 Å². The predicted molar refractivity (Wildman–Crippen MR) is 107 cm³/mol. The Morgan fingerprint density at radius 2 is 1.67 bits per heavy atom. The number of aromatic carboxylic acids is 2. The van der Waals surface area contributed by atoms with E-state index in [9.17, 15) is 27.6 Å². The summed E-state index contributed by atoms with van der Waals surface area (Å²) in [4.78, 5) is 32.7. The highest BCUT2D eigenvalue weighted by Gasteiger charge is 2.28. The van der Waals surface area contributed by atoms with Gasteiger partial charge in [-0.25, -0.2) is 9.59 Å². The third-order valence-electron chi connectivity index (χ3n) is 4.06. The molecule has 10 heteroatoms. The fourth-order valence-corrected chi connectivity index (χ4v) is 3.07. The van der Waals surface area contributed by atoms with Crippen LogP contribution in [0.15, 0.2) is 57.8 Å². The van der Waals surface area contributed by atoms with Crippen LogP contribution < -0.4 is 5.56 Å². The van der Waals surface area contributed by atoms with E-state index in [0.717, 1.165) is 16.7 Å². The number of benzene rings is 2. The molecular weight excluding hydrogens is 471 g/mol. The maximum atomic E-state index is 12.3. The molecule has 0 atom stereocenters. The number of fused-ring (bicyclic) bond motifs is 1. The van der Waals surface area contributed by atoms with E-state index in [4.69, 9.17) is 10.2 Å². The van der Waals surface area contributed by atoms with Crippen LogP contribution in [0.5, 0.6) is 0 Å². The number of alkyl halides is 3. The van der Waals surface area contributed by atoms with Crippen LogP contribution in [0.2, 0.25) is 0 Å². The van der Waals surface area contributed by atoms with Gasteiger partial charge in [0, 0.05) is 10.5 Å². The summed E-state index contributed by atoms with van der Waals surface area (Å²) >= 11 is 3.11. The largest absolute Gasteiger partial charge is 0.478 e. The van der Waals surface area contributed by atoms with Crippen LogP contribution in [0.25, 0.3) is 10.9 Å². The summed E-state index contributed by atoms with van der Waals surface area (Å²) in [5, 5.41) is 18.1. The molecule has 0 unspecified atom stereocenters. The van der Waals surface area contributed by atoms with Crippen molar-refractivity contribution in [1.82, 2.24) is 4.57 Å². The molecule has 30 heavy (non-hydrogen) atoms. The van der Waals surface area contributed by atoms with Crippen molar-refractivity contribution in [2.75, 3.05) is 0 Å². The summed E-state index contributed by atoms with van der Waals surface area (Å²) in [5.74, 6) is -2.28. The van der Waals surface area contributed by atoms with Gasteiger partial charge in [0.1, 0.15) is 6.54 Å². The van der Waals surface area contributed by atoms with Crippen molar-refractivity contribution in [1.29, 1.82) is 0 Å². The molecule has 1 heterocycles. The van der Waals surface area contributed by atoms with Crippen LogP contribution in [0.4, 0.5) is 13.2 Å². The second-order valence-electron chi connectivity index (χ2n) is 6.17. The number of carboxylic acid groups (broad SMARTS) is 2. The van der Waals surface area contributed by atoms with E-state index < -0.39 is 30.2 Å². The summed E-state index contributed by atoms with van der Waals surface area (Å²) in [6.07, 6.45) is -4.39. The second-order valence-corrected chi connectivity index (χ2v) is 7.03. The summed E-state index contributed by atoms with van der Waals surface area (Å²) in [7, 11) is 0. The molecule has 3 rings (SSSR count). The van der Waals surface area contributed by atoms with Crippen molar-refractivity contribution >= 4 is 38.8 Å². The number of halogens is 4. The van der Waals surface area contributed by atoms with E-state index in [2.05, 4.69) is 15.9 Å². The molecule has 0 bridgehead atoms. The number of nitrogens with zero attached hydrogens (tertiary/aromatic N) is 1. The van der Waals surface area contributed by atoms with E-state index in [0.29, 0.717) is 20.9 Å². The van der Waals surface area contributed by atoms with Gasteiger partial charge in [-0.05, 0) is 42.1 Å². The zero-order valence-electron chi connectivity index (χ0n) is 15.4. The third kappa shape index (κ3) is 5.69. The summed E-state index contributed by atoms with van der Waals surface area (Å²) in [6, 6.07) is 11.7. The Morgan fingerprint density at radius 1 is 1.03 bits per heavy atom. The number of carboxylic acids is 2. The molecule has 6 nitrogen and oxygen atoms in total. The van der Waals surface area contributed by atoms with Gasteiger partial charge in [0.2, 0.25) is 0 Å². The van der Waals surface area contributed by atoms with Crippen LogP contribution >= 0.6 is 15.9 Å². The predicted octanol–water partition coefficient (Wildman–Crippen LogP) is 4.72. The van der Waals surface area contributed by atoms with Crippen LogP contribution in [-0.2, 0) is 6.54 Å². The van der Waals surface area contributed by atoms with Crippen molar-refractivity contribution < 1.29 is 33.0 Å². The summed E-state index contributed by atoms with van der Waals surface area (Å²) < 4.78 is 38.1. The molecule has 0 aliphatic rings. The minimum Gasteiger partial charge on any atom is -0.478 e. The second kappa shape index (κ2) is 9.12. The number of pyridine rings is 1. The monoisotopic (exact) mass is 485 g/mol. The van der Waals surface area contributed by atoms with Crippen molar-refractivity contribution in [2.45, 2.75) is 19.6 Å². The number of carbonyl (C=O) groups is 2. The van der Waals surface area contributed by atoms with Gasteiger partial charge < -0.3 is 10.2 Å².